The van der Waals surface area contributed by atoms with Crippen LogP contribution >= 0.6 is 11.6 Å². The Morgan fingerprint density at radius 2 is 1.88 bits per heavy atom. The van der Waals surface area contributed by atoms with E-state index in [9.17, 15) is 4.79 Å². The zero-order valence-corrected chi connectivity index (χ0v) is 9.13. The lowest BCUT2D eigenvalue weighted by Gasteiger charge is -1.91. The second-order valence-electron chi connectivity index (χ2n) is 2.76. The number of primary amides is 1. The van der Waals surface area contributed by atoms with Crippen LogP contribution in [-0.2, 0) is 0 Å². The van der Waals surface area contributed by atoms with Crippen LogP contribution in [-0.4, -0.2) is 15.9 Å². The summed E-state index contributed by atoms with van der Waals surface area (Å²) in [5.74, 6) is -0.496. The van der Waals surface area contributed by atoms with Gasteiger partial charge in [-0.15, -0.1) is 0 Å². The van der Waals surface area contributed by atoms with Crippen molar-refractivity contribution in [1.82, 2.24) is 9.97 Å². The highest BCUT2D eigenvalue weighted by Crippen LogP contribution is 2.03. The Morgan fingerprint density at radius 1 is 1.19 bits per heavy atom. The summed E-state index contributed by atoms with van der Waals surface area (Å²) in [6, 6.07) is 8.76. The predicted molar refractivity (Wildman–Crippen MR) is 62.0 cm³/mol. The van der Waals surface area contributed by atoms with E-state index >= 15 is 0 Å². The fourth-order valence-corrected chi connectivity index (χ4v) is 0.946. The summed E-state index contributed by atoms with van der Waals surface area (Å²) in [4.78, 5) is 17.9. The maximum absolute atomic E-state index is 10.5. The SMILES string of the molecule is NC(=O)c1ccc(Cl)nc1.c1ccncc1. The summed E-state index contributed by atoms with van der Waals surface area (Å²) < 4.78 is 0. The van der Waals surface area contributed by atoms with Crippen LogP contribution in [0.1, 0.15) is 10.4 Å². The lowest BCUT2D eigenvalue weighted by molar-refractivity contribution is 0.1000. The molecule has 2 aromatic heterocycles. The molecule has 0 unspecified atom stereocenters. The molecule has 0 bridgehead atoms. The summed E-state index contributed by atoms with van der Waals surface area (Å²) in [7, 11) is 0. The number of pyridine rings is 2. The molecule has 0 spiro atoms. The molecule has 5 heteroatoms. The lowest BCUT2D eigenvalue weighted by Crippen LogP contribution is -2.10. The maximum atomic E-state index is 10.5. The first-order valence-corrected chi connectivity index (χ1v) is 4.84. The molecule has 2 rings (SSSR count). The van der Waals surface area contributed by atoms with Gasteiger partial charge in [0.25, 0.3) is 0 Å². The van der Waals surface area contributed by atoms with Crippen molar-refractivity contribution < 1.29 is 4.79 Å². The quantitative estimate of drug-likeness (QED) is 0.768. The topological polar surface area (TPSA) is 68.9 Å². The molecule has 0 aliphatic heterocycles. The van der Waals surface area contributed by atoms with Crippen molar-refractivity contribution in [3.63, 3.8) is 0 Å². The molecular weight excluding hydrogens is 226 g/mol. The first-order chi connectivity index (χ1) is 7.70. The minimum absolute atomic E-state index is 0.352. The number of hydrogen-bond acceptors (Lipinski definition) is 3. The molecule has 0 atom stereocenters. The number of nitrogens with zero attached hydrogens (tertiary/aromatic N) is 2. The van der Waals surface area contributed by atoms with Crippen LogP contribution in [0.3, 0.4) is 0 Å². The van der Waals surface area contributed by atoms with E-state index in [0.29, 0.717) is 10.7 Å². The minimum atomic E-state index is -0.496. The van der Waals surface area contributed by atoms with Gasteiger partial charge in [-0.05, 0) is 24.3 Å². The van der Waals surface area contributed by atoms with Gasteiger partial charge in [0, 0.05) is 18.6 Å². The van der Waals surface area contributed by atoms with Crippen LogP contribution in [0, 0.1) is 0 Å². The van der Waals surface area contributed by atoms with Gasteiger partial charge in [-0.25, -0.2) is 4.98 Å². The molecule has 2 N–H and O–H groups in total. The molecule has 0 fully saturated rings. The highest BCUT2D eigenvalue weighted by atomic mass is 35.5. The number of carbonyl (C=O) groups excluding carboxylic acids is 1. The van der Waals surface area contributed by atoms with E-state index < -0.39 is 5.91 Å². The zero-order valence-electron chi connectivity index (χ0n) is 8.38. The van der Waals surface area contributed by atoms with E-state index in [1.807, 2.05) is 18.2 Å². The van der Waals surface area contributed by atoms with Crippen molar-refractivity contribution in [2.75, 3.05) is 0 Å². The van der Waals surface area contributed by atoms with Gasteiger partial charge in [0.15, 0.2) is 0 Å². The van der Waals surface area contributed by atoms with Crippen LogP contribution in [0.4, 0.5) is 0 Å². The van der Waals surface area contributed by atoms with E-state index in [1.54, 1.807) is 12.4 Å². The summed E-state index contributed by atoms with van der Waals surface area (Å²) in [5, 5.41) is 0.352. The van der Waals surface area contributed by atoms with Gasteiger partial charge in [-0.2, -0.15) is 0 Å². The van der Waals surface area contributed by atoms with Crippen molar-refractivity contribution in [1.29, 1.82) is 0 Å². The largest absolute Gasteiger partial charge is 0.366 e. The van der Waals surface area contributed by atoms with E-state index in [0.717, 1.165) is 0 Å². The van der Waals surface area contributed by atoms with Crippen LogP contribution in [0.2, 0.25) is 5.15 Å². The summed E-state index contributed by atoms with van der Waals surface area (Å²) in [5.41, 5.74) is 5.31. The molecule has 4 nitrogen and oxygen atoms in total. The molecule has 0 aliphatic carbocycles. The smallest absolute Gasteiger partial charge is 0.250 e. The molecule has 0 aromatic carbocycles. The lowest BCUT2D eigenvalue weighted by atomic mass is 10.3. The molecule has 0 aliphatic rings. The first-order valence-electron chi connectivity index (χ1n) is 4.46. The summed E-state index contributed by atoms with van der Waals surface area (Å²) in [6.45, 7) is 0. The van der Waals surface area contributed by atoms with Crippen molar-refractivity contribution in [3.8, 4) is 0 Å². The highest BCUT2D eigenvalue weighted by molar-refractivity contribution is 6.29. The summed E-state index contributed by atoms with van der Waals surface area (Å²) in [6.07, 6.45) is 4.84. The number of rotatable bonds is 1. The van der Waals surface area contributed by atoms with Crippen LogP contribution in [0.25, 0.3) is 0 Å². The summed E-state index contributed by atoms with van der Waals surface area (Å²) >= 11 is 5.45. The molecule has 82 valence electrons. The molecule has 16 heavy (non-hydrogen) atoms. The van der Waals surface area contributed by atoms with E-state index in [4.69, 9.17) is 17.3 Å². The molecule has 0 saturated heterocycles. The molecular formula is C11H10ClN3O. The van der Waals surface area contributed by atoms with Crippen molar-refractivity contribution >= 4 is 17.5 Å². The fraction of sp³-hybridized carbons (Fsp3) is 0. The number of nitrogens with two attached hydrogens (primary N) is 1. The molecule has 2 aromatic rings. The minimum Gasteiger partial charge on any atom is -0.366 e. The van der Waals surface area contributed by atoms with Gasteiger partial charge < -0.3 is 5.73 Å². The maximum Gasteiger partial charge on any atom is 0.250 e. The fourth-order valence-electron chi connectivity index (χ4n) is 0.834. The predicted octanol–water partition coefficient (Wildman–Crippen LogP) is 1.92. The number of hydrogen-bond donors (Lipinski definition) is 1. The van der Waals surface area contributed by atoms with Gasteiger partial charge >= 0.3 is 0 Å². The molecule has 0 radical (unpaired) electrons. The van der Waals surface area contributed by atoms with Gasteiger partial charge in [0.1, 0.15) is 5.15 Å². The van der Waals surface area contributed by atoms with Crippen LogP contribution < -0.4 is 5.73 Å². The first kappa shape index (κ1) is 12.1. The second kappa shape index (κ2) is 6.53. The molecule has 2 heterocycles. The number of aromatic nitrogens is 2. The van der Waals surface area contributed by atoms with Crippen molar-refractivity contribution in [2.24, 2.45) is 5.73 Å². The van der Waals surface area contributed by atoms with Gasteiger partial charge in [-0.1, -0.05) is 17.7 Å². The van der Waals surface area contributed by atoms with Gasteiger partial charge in [0.05, 0.1) is 5.56 Å². The third-order valence-electron chi connectivity index (χ3n) is 1.58. The van der Waals surface area contributed by atoms with E-state index in [-0.39, 0.29) is 0 Å². The van der Waals surface area contributed by atoms with Crippen LogP contribution in [0.5, 0.6) is 0 Å². The number of halogens is 1. The Morgan fingerprint density at radius 3 is 2.19 bits per heavy atom. The number of amides is 1. The van der Waals surface area contributed by atoms with Crippen LogP contribution in [0.15, 0.2) is 48.9 Å². The standard InChI is InChI=1S/C6H5ClN2O.C5H5N/c7-5-2-1-4(3-9-5)6(8)10;1-2-4-6-5-3-1/h1-3H,(H2,8,10);1-5H. The van der Waals surface area contributed by atoms with E-state index in [1.165, 1.54) is 18.3 Å². The Labute approximate surface area is 98.1 Å². The Kier molecular flexibility index (Phi) is 4.95. The Balaban J connectivity index is 0.000000181. The van der Waals surface area contributed by atoms with Crippen molar-refractivity contribution in [3.05, 3.63) is 59.6 Å². The van der Waals surface area contributed by atoms with E-state index in [2.05, 4.69) is 9.97 Å². The average molecular weight is 236 g/mol. The number of carbonyl (C=O) groups is 1. The second-order valence-corrected chi connectivity index (χ2v) is 3.15. The Bertz CT molecular complexity index is 404. The third-order valence-corrected chi connectivity index (χ3v) is 1.80. The highest BCUT2D eigenvalue weighted by Gasteiger charge is 1.97. The van der Waals surface area contributed by atoms with Gasteiger partial charge in [0.2, 0.25) is 5.91 Å². The molecule has 0 saturated carbocycles. The normalized spacial score (nSPS) is 8.81. The average Bonchev–Trinajstić information content (AvgIpc) is 2.32. The monoisotopic (exact) mass is 235 g/mol. The van der Waals surface area contributed by atoms with Crippen molar-refractivity contribution in [2.45, 2.75) is 0 Å². The Hall–Kier alpha value is -1.94. The van der Waals surface area contributed by atoms with Gasteiger partial charge in [-0.3, -0.25) is 9.78 Å². The zero-order chi connectivity index (χ0) is 11.8. The molecule has 1 amide bonds. The third kappa shape index (κ3) is 4.52.